The van der Waals surface area contributed by atoms with Gasteiger partial charge < -0.3 is 19.3 Å². The van der Waals surface area contributed by atoms with E-state index in [2.05, 4.69) is 11.4 Å². The molecule has 8 heteroatoms. The summed E-state index contributed by atoms with van der Waals surface area (Å²) in [6.07, 6.45) is 1.42. The highest BCUT2D eigenvalue weighted by Gasteiger charge is 2.34. The Labute approximate surface area is 215 Å². The van der Waals surface area contributed by atoms with E-state index in [0.29, 0.717) is 42.5 Å². The summed E-state index contributed by atoms with van der Waals surface area (Å²) in [6.45, 7) is 1.47. The predicted molar refractivity (Wildman–Crippen MR) is 138 cm³/mol. The van der Waals surface area contributed by atoms with Crippen LogP contribution < -0.4 is 4.74 Å². The number of hydrogen-bond donors (Lipinski definition) is 0. The maximum absolute atomic E-state index is 13.8. The Hall–Kier alpha value is -2.87. The molecule has 0 radical (unpaired) electrons. The predicted octanol–water partition coefficient (Wildman–Crippen LogP) is 5.06. The average Bonchev–Trinajstić information content (AvgIpc) is 3.36. The smallest absolute Gasteiger partial charge is 0.258 e. The zero-order chi connectivity index (χ0) is 24.8. The van der Waals surface area contributed by atoms with Gasteiger partial charge in [0.15, 0.2) is 0 Å². The molecule has 0 fully saturated rings. The Morgan fingerprint density at radius 2 is 1.89 bits per heavy atom. The lowest BCUT2D eigenvalue weighted by Gasteiger charge is -2.37. The van der Waals surface area contributed by atoms with Gasteiger partial charge in [0.1, 0.15) is 12.3 Å². The van der Waals surface area contributed by atoms with E-state index in [9.17, 15) is 9.59 Å². The Balaban J connectivity index is 1.61. The van der Waals surface area contributed by atoms with Crippen molar-refractivity contribution in [1.29, 1.82) is 0 Å². The summed E-state index contributed by atoms with van der Waals surface area (Å²) in [5, 5.41) is 2.73. The van der Waals surface area contributed by atoms with Crippen molar-refractivity contribution >= 4 is 34.8 Å². The summed E-state index contributed by atoms with van der Waals surface area (Å²) < 4.78 is 10.6. The summed E-state index contributed by atoms with van der Waals surface area (Å²) >= 11 is 7.85. The number of benzene rings is 2. The fourth-order valence-electron chi connectivity index (χ4n) is 4.49. The van der Waals surface area contributed by atoms with Crippen LogP contribution in [0.5, 0.6) is 5.75 Å². The fraction of sp³-hybridized carbons (Fsp3) is 0.333. The lowest BCUT2D eigenvalue weighted by Crippen LogP contribution is -2.47. The van der Waals surface area contributed by atoms with E-state index in [4.69, 9.17) is 21.1 Å². The Morgan fingerprint density at radius 3 is 2.63 bits per heavy atom. The fourth-order valence-corrected chi connectivity index (χ4v) is 5.52. The first-order valence-corrected chi connectivity index (χ1v) is 12.8. The molecule has 0 saturated carbocycles. The topological polar surface area (TPSA) is 59.1 Å². The SMILES string of the molecule is COCCCN(CC(=O)N1CCc2sccc2C1c1ccc(Cl)cc1)C(=O)c1ccccc1OC. The quantitative estimate of drug-likeness (QED) is 0.376. The zero-order valence-electron chi connectivity index (χ0n) is 19.9. The molecular weight excluding hydrogens is 484 g/mol. The molecule has 1 aliphatic heterocycles. The van der Waals surface area contributed by atoms with Gasteiger partial charge in [0.2, 0.25) is 5.91 Å². The number of halogens is 1. The van der Waals surface area contributed by atoms with Crippen LogP contribution in [0.1, 0.15) is 38.8 Å². The van der Waals surface area contributed by atoms with Gasteiger partial charge in [-0.15, -0.1) is 11.3 Å². The highest BCUT2D eigenvalue weighted by molar-refractivity contribution is 7.10. The van der Waals surface area contributed by atoms with Crippen molar-refractivity contribution < 1.29 is 19.1 Å². The van der Waals surface area contributed by atoms with Gasteiger partial charge in [-0.05, 0) is 59.7 Å². The number of methoxy groups -OCH3 is 2. The van der Waals surface area contributed by atoms with E-state index in [-0.39, 0.29) is 24.4 Å². The second-order valence-electron chi connectivity index (χ2n) is 8.36. The molecule has 6 nitrogen and oxygen atoms in total. The van der Waals surface area contributed by atoms with Crippen molar-refractivity contribution in [3.8, 4) is 5.75 Å². The van der Waals surface area contributed by atoms with E-state index >= 15 is 0 Å². The van der Waals surface area contributed by atoms with Crippen LogP contribution in [0.3, 0.4) is 0 Å². The molecular formula is C27H29ClN2O4S. The molecule has 0 spiro atoms. The van der Waals surface area contributed by atoms with E-state index in [0.717, 1.165) is 17.5 Å². The second-order valence-corrected chi connectivity index (χ2v) is 9.80. The minimum Gasteiger partial charge on any atom is -0.496 e. The lowest BCUT2D eigenvalue weighted by atomic mass is 9.93. The second kappa shape index (κ2) is 11.7. The molecule has 1 aromatic heterocycles. The van der Waals surface area contributed by atoms with Gasteiger partial charge in [0.05, 0.1) is 18.7 Å². The molecule has 1 aliphatic rings. The largest absolute Gasteiger partial charge is 0.496 e. The van der Waals surface area contributed by atoms with Gasteiger partial charge in [0, 0.05) is 36.7 Å². The van der Waals surface area contributed by atoms with Gasteiger partial charge in [-0.25, -0.2) is 0 Å². The molecule has 1 atom stereocenters. The van der Waals surface area contributed by atoms with Gasteiger partial charge in [0.25, 0.3) is 5.91 Å². The van der Waals surface area contributed by atoms with Crippen LogP contribution in [0.4, 0.5) is 0 Å². The van der Waals surface area contributed by atoms with E-state index in [1.807, 2.05) is 35.2 Å². The molecule has 0 bridgehead atoms. The molecule has 0 N–H and O–H groups in total. The number of carbonyl (C=O) groups is 2. The summed E-state index contributed by atoms with van der Waals surface area (Å²) in [6, 6.07) is 16.6. The number of nitrogens with zero attached hydrogens (tertiary/aromatic N) is 2. The first-order chi connectivity index (χ1) is 17.0. The summed E-state index contributed by atoms with van der Waals surface area (Å²) in [5.41, 5.74) is 2.58. The third kappa shape index (κ3) is 5.69. The molecule has 0 aliphatic carbocycles. The Kier molecular flexibility index (Phi) is 8.44. The average molecular weight is 513 g/mol. The number of fused-ring (bicyclic) bond motifs is 1. The maximum Gasteiger partial charge on any atom is 0.258 e. The molecule has 4 rings (SSSR count). The number of rotatable bonds is 9. The normalized spacial score (nSPS) is 14.9. The van der Waals surface area contributed by atoms with Crippen LogP contribution in [0.2, 0.25) is 5.02 Å². The Bertz CT molecular complexity index is 1160. The number of amides is 2. The minimum absolute atomic E-state index is 0.0237. The van der Waals surface area contributed by atoms with Crippen LogP contribution >= 0.6 is 22.9 Å². The standard InChI is InChI=1S/C27H29ClN2O4S/c1-33-16-5-14-29(27(32)21-6-3-4-7-23(21)34-2)18-25(31)30-15-12-24-22(13-17-35-24)26(30)19-8-10-20(28)11-9-19/h3-4,6-11,13,17,26H,5,12,14-16,18H2,1-2H3. The number of para-hydroxylation sites is 1. The number of thiophene rings is 1. The van der Waals surface area contributed by atoms with Gasteiger partial charge >= 0.3 is 0 Å². The van der Waals surface area contributed by atoms with Crippen molar-refractivity contribution in [1.82, 2.24) is 9.80 Å². The van der Waals surface area contributed by atoms with Crippen molar-refractivity contribution in [2.75, 3.05) is 40.5 Å². The zero-order valence-corrected chi connectivity index (χ0v) is 21.5. The molecule has 184 valence electrons. The highest BCUT2D eigenvalue weighted by Crippen LogP contribution is 2.38. The number of hydrogen-bond acceptors (Lipinski definition) is 5. The van der Waals surface area contributed by atoms with Crippen molar-refractivity contribution in [3.63, 3.8) is 0 Å². The highest BCUT2D eigenvalue weighted by atomic mass is 35.5. The summed E-state index contributed by atoms with van der Waals surface area (Å²) in [4.78, 5) is 32.0. The molecule has 3 aromatic rings. The number of carbonyl (C=O) groups excluding carboxylic acids is 2. The van der Waals surface area contributed by atoms with E-state index in [1.54, 1.807) is 41.5 Å². The molecule has 2 aromatic carbocycles. The molecule has 1 unspecified atom stereocenters. The van der Waals surface area contributed by atoms with Crippen LogP contribution in [0.15, 0.2) is 60.0 Å². The molecule has 0 saturated heterocycles. The molecule has 2 heterocycles. The van der Waals surface area contributed by atoms with Crippen LogP contribution in [0, 0.1) is 0 Å². The third-order valence-corrected chi connectivity index (χ3v) is 7.45. The number of ether oxygens (including phenoxy) is 2. The van der Waals surface area contributed by atoms with Crippen LogP contribution in [-0.4, -0.2) is 62.1 Å². The summed E-state index contributed by atoms with van der Waals surface area (Å²) in [7, 11) is 3.16. The van der Waals surface area contributed by atoms with Gasteiger partial charge in [-0.2, -0.15) is 0 Å². The third-order valence-electron chi connectivity index (χ3n) is 6.20. The van der Waals surface area contributed by atoms with Gasteiger partial charge in [-0.3, -0.25) is 9.59 Å². The van der Waals surface area contributed by atoms with Crippen molar-refractivity contribution in [2.24, 2.45) is 0 Å². The van der Waals surface area contributed by atoms with Crippen molar-refractivity contribution in [2.45, 2.75) is 18.9 Å². The van der Waals surface area contributed by atoms with Gasteiger partial charge in [-0.1, -0.05) is 35.9 Å². The minimum atomic E-state index is -0.233. The maximum atomic E-state index is 13.8. The lowest BCUT2D eigenvalue weighted by molar-refractivity contribution is -0.134. The van der Waals surface area contributed by atoms with E-state index in [1.165, 1.54) is 12.0 Å². The van der Waals surface area contributed by atoms with Crippen molar-refractivity contribution in [3.05, 3.63) is 86.6 Å². The monoisotopic (exact) mass is 512 g/mol. The first-order valence-electron chi connectivity index (χ1n) is 11.6. The summed E-state index contributed by atoms with van der Waals surface area (Å²) in [5.74, 6) is 0.160. The first kappa shape index (κ1) is 25.2. The molecule has 2 amide bonds. The van der Waals surface area contributed by atoms with Crippen LogP contribution in [-0.2, 0) is 16.0 Å². The van der Waals surface area contributed by atoms with E-state index < -0.39 is 0 Å². The Morgan fingerprint density at radius 1 is 1.11 bits per heavy atom. The molecule has 35 heavy (non-hydrogen) atoms. The van der Waals surface area contributed by atoms with Crippen LogP contribution in [0.25, 0.3) is 0 Å².